The number of nitriles is 1. The molecule has 2 aromatic carbocycles. The van der Waals surface area contributed by atoms with Gasteiger partial charge in [0.2, 0.25) is 11.8 Å². The summed E-state index contributed by atoms with van der Waals surface area (Å²) in [6, 6.07) is 17.4. The van der Waals surface area contributed by atoms with Crippen LogP contribution in [0.25, 0.3) is 0 Å². The van der Waals surface area contributed by atoms with Gasteiger partial charge in [-0.1, -0.05) is 30.3 Å². The fourth-order valence-corrected chi connectivity index (χ4v) is 4.04. The van der Waals surface area contributed by atoms with Crippen LogP contribution in [0.3, 0.4) is 0 Å². The van der Waals surface area contributed by atoms with Crippen LogP contribution in [-0.2, 0) is 22.4 Å². The molecule has 1 fully saturated rings. The summed E-state index contributed by atoms with van der Waals surface area (Å²) in [6.07, 6.45) is 2.52. The molecular formula is C22H21N3O2. The fourth-order valence-electron chi connectivity index (χ4n) is 4.04. The predicted octanol–water partition coefficient (Wildman–Crippen LogP) is 2.54. The van der Waals surface area contributed by atoms with Gasteiger partial charge in [0.25, 0.3) is 0 Å². The summed E-state index contributed by atoms with van der Waals surface area (Å²) in [5.74, 6) is -0.0506. The third-order valence-electron chi connectivity index (χ3n) is 5.52. The van der Waals surface area contributed by atoms with Crippen LogP contribution in [0, 0.1) is 17.2 Å². The molecule has 2 amide bonds. The van der Waals surface area contributed by atoms with Crippen LogP contribution in [-0.4, -0.2) is 36.3 Å². The van der Waals surface area contributed by atoms with Gasteiger partial charge >= 0.3 is 0 Å². The molecule has 2 aliphatic rings. The molecule has 0 bridgehead atoms. The highest BCUT2D eigenvalue weighted by molar-refractivity contribution is 5.98. The van der Waals surface area contributed by atoms with Crippen LogP contribution in [0.2, 0.25) is 0 Å². The lowest BCUT2D eigenvalue weighted by atomic mass is 9.83. The second-order valence-electron chi connectivity index (χ2n) is 7.18. The van der Waals surface area contributed by atoms with Crippen molar-refractivity contribution in [2.75, 3.05) is 24.5 Å². The molecule has 1 unspecified atom stereocenters. The molecule has 5 heteroatoms. The van der Waals surface area contributed by atoms with Crippen molar-refractivity contribution in [3.8, 4) is 6.07 Å². The smallest absolute Gasteiger partial charge is 0.246 e. The lowest BCUT2D eigenvalue weighted by Gasteiger charge is -2.37. The van der Waals surface area contributed by atoms with E-state index in [-0.39, 0.29) is 24.3 Å². The fraction of sp³-hybridized carbons (Fsp3) is 0.318. The summed E-state index contributed by atoms with van der Waals surface area (Å²) in [5, 5.41) is 9.05. The zero-order valence-corrected chi connectivity index (χ0v) is 15.1. The SMILES string of the molecule is N#Cc1cccc(N2CCN(C(=O)C3CCc4ccccc4C3)CC2=O)c1. The van der Waals surface area contributed by atoms with Gasteiger partial charge in [0.1, 0.15) is 6.54 Å². The Labute approximate surface area is 158 Å². The summed E-state index contributed by atoms with van der Waals surface area (Å²) in [5.41, 5.74) is 3.83. The summed E-state index contributed by atoms with van der Waals surface area (Å²) in [6.45, 7) is 1.09. The Morgan fingerprint density at radius 1 is 1.07 bits per heavy atom. The normalized spacial score (nSPS) is 19.4. The maximum absolute atomic E-state index is 13.0. The number of carbonyl (C=O) groups excluding carboxylic acids is 2. The van der Waals surface area contributed by atoms with Gasteiger partial charge in [0.15, 0.2) is 0 Å². The Kier molecular flexibility index (Phi) is 4.64. The van der Waals surface area contributed by atoms with Crippen molar-refractivity contribution in [1.82, 2.24) is 4.90 Å². The van der Waals surface area contributed by atoms with Crippen molar-refractivity contribution in [3.63, 3.8) is 0 Å². The molecule has 0 aromatic heterocycles. The van der Waals surface area contributed by atoms with E-state index in [9.17, 15) is 9.59 Å². The number of rotatable bonds is 2. The number of nitrogens with zero attached hydrogens (tertiary/aromatic N) is 3. The average Bonchev–Trinajstić information content (AvgIpc) is 2.72. The van der Waals surface area contributed by atoms with E-state index in [4.69, 9.17) is 5.26 Å². The number of benzene rings is 2. The van der Waals surface area contributed by atoms with Crippen molar-refractivity contribution in [1.29, 1.82) is 5.26 Å². The Bertz CT molecular complexity index is 931. The van der Waals surface area contributed by atoms with Crippen molar-refractivity contribution in [2.45, 2.75) is 19.3 Å². The molecule has 1 aliphatic carbocycles. The molecule has 27 heavy (non-hydrogen) atoms. The summed E-state index contributed by atoms with van der Waals surface area (Å²) >= 11 is 0. The highest BCUT2D eigenvalue weighted by Gasteiger charge is 2.33. The number of carbonyl (C=O) groups is 2. The van der Waals surface area contributed by atoms with Crippen LogP contribution in [0.4, 0.5) is 5.69 Å². The molecule has 1 atom stereocenters. The first-order chi connectivity index (χ1) is 13.2. The lowest BCUT2D eigenvalue weighted by molar-refractivity contribution is -0.140. The van der Waals surface area contributed by atoms with Gasteiger partial charge in [-0.05, 0) is 48.6 Å². The zero-order chi connectivity index (χ0) is 18.8. The molecule has 0 N–H and O–H groups in total. The monoisotopic (exact) mass is 359 g/mol. The minimum absolute atomic E-state index is 0.0406. The Morgan fingerprint density at radius 2 is 1.89 bits per heavy atom. The van der Waals surface area contributed by atoms with Gasteiger partial charge in [-0.2, -0.15) is 5.26 Å². The van der Waals surface area contributed by atoms with Gasteiger partial charge in [-0.25, -0.2) is 0 Å². The van der Waals surface area contributed by atoms with Crippen molar-refractivity contribution >= 4 is 17.5 Å². The number of hydrogen-bond donors (Lipinski definition) is 0. The maximum atomic E-state index is 13.0. The van der Waals surface area contributed by atoms with E-state index in [1.54, 1.807) is 28.0 Å². The van der Waals surface area contributed by atoms with Gasteiger partial charge in [0, 0.05) is 24.7 Å². The number of aryl methyl sites for hydroxylation is 1. The van der Waals surface area contributed by atoms with Gasteiger partial charge < -0.3 is 9.80 Å². The van der Waals surface area contributed by atoms with E-state index in [0.717, 1.165) is 24.9 Å². The van der Waals surface area contributed by atoms with Gasteiger partial charge in [0.05, 0.1) is 11.6 Å². The van der Waals surface area contributed by atoms with Crippen LogP contribution in [0.5, 0.6) is 0 Å². The van der Waals surface area contributed by atoms with Crippen LogP contribution in [0.1, 0.15) is 23.1 Å². The van der Waals surface area contributed by atoms with Gasteiger partial charge in [-0.3, -0.25) is 9.59 Å². The zero-order valence-electron chi connectivity index (χ0n) is 15.1. The van der Waals surface area contributed by atoms with E-state index in [0.29, 0.717) is 18.7 Å². The average molecular weight is 359 g/mol. The van der Waals surface area contributed by atoms with E-state index >= 15 is 0 Å². The molecule has 0 radical (unpaired) electrons. The summed E-state index contributed by atoms with van der Waals surface area (Å²) < 4.78 is 0. The number of hydrogen-bond acceptors (Lipinski definition) is 3. The van der Waals surface area contributed by atoms with Crippen molar-refractivity contribution < 1.29 is 9.59 Å². The lowest BCUT2D eigenvalue weighted by Crippen LogP contribution is -2.54. The van der Waals surface area contributed by atoms with Crippen molar-refractivity contribution in [3.05, 3.63) is 65.2 Å². The Balaban J connectivity index is 1.43. The predicted molar refractivity (Wildman–Crippen MR) is 102 cm³/mol. The van der Waals surface area contributed by atoms with Crippen LogP contribution in [0.15, 0.2) is 48.5 Å². The first-order valence-corrected chi connectivity index (χ1v) is 9.32. The van der Waals surface area contributed by atoms with Crippen LogP contribution < -0.4 is 4.90 Å². The standard InChI is InChI=1S/C22H21N3O2/c23-14-16-4-3-7-20(12-16)25-11-10-24(15-21(25)26)22(27)19-9-8-17-5-1-2-6-18(17)13-19/h1-7,12,19H,8-11,13,15H2. The molecule has 0 spiro atoms. The third-order valence-corrected chi connectivity index (χ3v) is 5.52. The molecule has 2 aromatic rings. The van der Waals surface area contributed by atoms with Crippen molar-refractivity contribution in [2.24, 2.45) is 5.92 Å². The first kappa shape index (κ1) is 17.3. The number of piperazine rings is 1. The molecule has 1 aliphatic heterocycles. The quantitative estimate of drug-likeness (QED) is 0.828. The second kappa shape index (κ2) is 7.24. The number of anilines is 1. The molecule has 1 saturated heterocycles. The molecule has 4 rings (SSSR count). The molecule has 0 saturated carbocycles. The maximum Gasteiger partial charge on any atom is 0.246 e. The Morgan fingerprint density at radius 3 is 2.67 bits per heavy atom. The number of fused-ring (bicyclic) bond motifs is 1. The summed E-state index contributed by atoms with van der Waals surface area (Å²) in [7, 11) is 0. The van der Waals surface area contributed by atoms with Gasteiger partial charge in [-0.15, -0.1) is 0 Å². The minimum atomic E-state index is -0.0964. The molecule has 5 nitrogen and oxygen atoms in total. The Hall–Kier alpha value is -3.13. The molecular weight excluding hydrogens is 338 g/mol. The second-order valence-corrected chi connectivity index (χ2v) is 7.18. The van der Waals surface area contributed by atoms with E-state index in [1.165, 1.54) is 11.1 Å². The highest BCUT2D eigenvalue weighted by Crippen LogP contribution is 2.27. The number of amides is 2. The molecule has 136 valence electrons. The van der Waals surface area contributed by atoms with Crippen LogP contribution >= 0.6 is 0 Å². The highest BCUT2D eigenvalue weighted by atomic mass is 16.2. The van der Waals surface area contributed by atoms with E-state index in [2.05, 4.69) is 18.2 Å². The largest absolute Gasteiger partial charge is 0.331 e. The third kappa shape index (κ3) is 3.43. The van der Waals surface area contributed by atoms with E-state index in [1.807, 2.05) is 18.2 Å². The minimum Gasteiger partial charge on any atom is -0.331 e. The first-order valence-electron chi connectivity index (χ1n) is 9.32. The topological polar surface area (TPSA) is 64.4 Å². The summed E-state index contributed by atoms with van der Waals surface area (Å²) in [4.78, 5) is 29.0. The molecule has 1 heterocycles. The van der Waals surface area contributed by atoms with E-state index < -0.39 is 0 Å².